The van der Waals surface area contributed by atoms with Gasteiger partial charge in [-0.15, -0.1) is 0 Å². The van der Waals surface area contributed by atoms with Crippen LogP contribution in [0.25, 0.3) is 0 Å². The lowest BCUT2D eigenvalue weighted by Gasteiger charge is -2.26. The second-order valence-corrected chi connectivity index (χ2v) is 5.09. The molecule has 1 aromatic rings. The van der Waals surface area contributed by atoms with Gasteiger partial charge in [0.1, 0.15) is 16.2 Å². The molecule has 0 aliphatic carbocycles. The quantitative estimate of drug-likeness (QED) is 0.842. The van der Waals surface area contributed by atoms with Gasteiger partial charge in [0.05, 0.1) is 12.3 Å². The fraction of sp³-hybridized carbons (Fsp3) is 0.636. The number of carboxylic acid groups (broad SMARTS) is 1. The summed E-state index contributed by atoms with van der Waals surface area (Å²) in [7, 11) is 1.65. The maximum Gasteiger partial charge on any atom is 0.340 e. The SMILES string of the molecule is COC1(CNc2snc(C)c2C(=O)O)CCOC1. The van der Waals surface area contributed by atoms with Crippen molar-refractivity contribution in [2.24, 2.45) is 0 Å². The van der Waals surface area contributed by atoms with E-state index >= 15 is 0 Å². The average molecular weight is 272 g/mol. The van der Waals surface area contributed by atoms with Crippen molar-refractivity contribution in [3.8, 4) is 0 Å². The molecule has 0 aromatic carbocycles. The third-order valence-corrected chi connectivity index (χ3v) is 4.04. The van der Waals surface area contributed by atoms with E-state index in [1.54, 1.807) is 14.0 Å². The van der Waals surface area contributed by atoms with Gasteiger partial charge in [0, 0.05) is 26.7 Å². The number of aromatic carboxylic acids is 1. The Labute approximate surface area is 109 Å². The number of nitrogens with zero attached hydrogens (tertiary/aromatic N) is 1. The molecule has 1 saturated heterocycles. The van der Waals surface area contributed by atoms with Crippen LogP contribution in [0.3, 0.4) is 0 Å². The van der Waals surface area contributed by atoms with Gasteiger partial charge >= 0.3 is 5.97 Å². The lowest BCUT2D eigenvalue weighted by atomic mass is 10.0. The molecule has 18 heavy (non-hydrogen) atoms. The highest BCUT2D eigenvalue weighted by atomic mass is 32.1. The van der Waals surface area contributed by atoms with E-state index in [0.717, 1.165) is 18.0 Å². The molecule has 1 unspecified atom stereocenters. The first-order valence-corrected chi connectivity index (χ1v) is 6.42. The van der Waals surface area contributed by atoms with E-state index in [4.69, 9.17) is 14.6 Å². The molecule has 0 bridgehead atoms. The first kappa shape index (κ1) is 13.3. The van der Waals surface area contributed by atoms with Crippen molar-refractivity contribution in [3.05, 3.63) is 11.3 Å². The second-order valence-electron chi connectivity index (χ2n) is 4.32. The number of hydrogen-bond acceptors (Lipinski definition) is 6. The number of carboxylic acids is 1. The lowest BCUT2D eigenvalue weighted by Crippen LogP contribution is -2.39. The predicted molar refractivity (Wildman–Crippen MR) is 67.5 cm³/mol. The molecule has 6 nitrogen and oxygen atoms in total. The van der Waals surface area contributed by atoms with E-state index in [1.807, 2.05) is 0 Å². The third kappa shape index (κ3) is 2.47. The van der Waals surface area contributed by atoms with Crippen LogP contribution in [0.1, 0.15) is 22.5 Å². The second kappa shape index (κ2) is 5.21. The van der Waals surface area contributed by atoms with Crippen LogP contribution in [0.15, 0.2) is 0 Å². The number of hydrogen-bond donors (Lipinski definition) is 2. The van der Waals surface area contributed by atoms with Crippen LogP contribution in [0.4, 0.5) is 5.00 Å². The van der Waals surface area contributed by atoms with Gasteiger partial charge in [-0.25, -0.2) is 4.79 Å². The van der Waals surface area contributed by atoms with Gasteiger partial charge in [-0.1, -0.05) is 0 Å². The van der Waals surface area contributed by atoms with Crippen molar-refractivity contribution in [2.45, 2.75) is 18.9 Å². The summed E-state index contributed by atoms with van der Waals surface area (Å²) >= 11 is 1.16. The lowest BCUT2D eigenvalue weighted by molar-refractivity contribution is -0.00617. The van der Waals surface area contributed by atoms with Crippen LogP contribution in [-0.4, -0.2) is 47.9 Å². The van der Waals surface area contributed by atoms with Crippen molar-refractivity contribution >= 4 is 22.5 Å². The minimum Gasteiger partial charge on any atom is -0.478 e. The number of methoxy groups -OCH3 is 1. The fourth-order valence-corrected chi connectivity index (χ4v) is 2.73. The van der Waals surface area contributed by atoms with Crippen LogP contribution in [0.5, 0.6) is 0 Å². The largest absolute Gasteiger partial charge is 0.478 e. The van der Waals surface area contributed by atoms with Gasteiger partial charge in [0.25, 0.3) is 0 Å². The number of rotatable bonds is 5. The van der Waals surface area contributed by atoms with E-state index in [0.29, 0.717) is 30.5 Å². The van der Waals surface area contributed by atoms with Crippen LogP contribution >= 0.6 is 11.5 Å². The first-order chi connectivity index (χ1) is 8.58. The van der Waals surface area contributed by atoms with Crippen molar-refractivity contribution in [1.29, 1.82) is 0 Å². The minimum absolute atomic E-state index is 0.241. The Morgan fingerprint density at radius 2 is 2.50 bits per heavy atom. The van der Waals surface area contributed by atoms with Gasteiger partial charge in [-0.2, -0.15) is 4.37 Å². The van der Waals surface area contributed by atoms with E-state index in [1.165, 1.54) is 0 Å². The molecule has 1 aromatic heterocycles. The average Bonchev–Trinajstić information content (AvgIpc) is 2.94. The highest BCUT2D eigenvalue weighted by Gasteiger charge is 2.35. The molecule has 1 aliphatic rings. The van der Waals surface area contributed by atoms with E-state index in [-0.39, 0.29) is 11.2 Å². The number of ether oxygens (including phenoxy) is 2. The molecule has 7 heteroatoms. The molecule has 2 rings (SSSR count). The number of aromatic nitrogens is 1. The van der Waals surface area contributed by atoms with E-state index in [2.05, 4.69) is 9.69 Å². The summed E-state index contributed by atoms with van der Waals surface area (Å²) in [5.41, 5.74) is 0.405. The Bertz CT molecular complexity index is 440. The number of carbonyl (C=O) groups is 1. The Balaban J connectivity index is 2.08. The summed E-state index contributed by atoms with van der Waals surface area (Å²) in [6.07, 6.45) is 0.802. The maximum absolute atomic E-state index is 11.1. The van der Waals surface area contributed by atoms with Crippen molar-refractivity contribution in [3.63, 3.8) is 0 Å². The molecule has 2 N–H and O–H groups in total. The maximum atomic E-state index is 11.1. The van der Waals surface area contributed by atoms with Gasteiger partial charge in [0.15, 0.2) is 0 Å². The summed E-state index contributed by atoms with van der Waals surface area (Å²) in [5, 5.41) is 12.8. The first-order valence-electron chi connectivity index (χ1n) is 5.64. The number of nitrogens with one attached hydrogen (secondary N) is 1. The Hall–Kier alpha value is -1.18. The van der Waals surface area contributed by atoms with Crippen LogP contribution < -0.4 is 5.32 Å². The molecular weight excluding hydrogens is 256 g/mol. The standard InChI is InChI=1S/C11H16N2O4S/c1-7-8(10(14)15)9(18-13-7)12-5-11(16-2)3-4-17-6-11/h12H,3-6H2,1-2H3,(H,14,15). The molecule has 0 saturated carbocycles. The van der Waals surface area contributed by atoms with Gasteiger partial charge in [0.2, 0.25) is 0 Å². The molecule has 1 aliphatic heterocycles. The third-order valence-electron chi connectivity index (χ3n) is 3.15. The Morgan fingerprint density at radius 3 is 3.06 bits per heavy atom. The normalized spacial score (nSPS) is 23.2. The summed E-state index contributed by atoms with van der Waals surface area (Å²) in [4.78, 5) is 11.1. The monoisotopic (exact) mass is 272 g/mol. The van der Waals surface area contributed by atoms with Gasteiger partial charge in [-0.05, 0) is 18.5 Å². The Morgan fingerprint density at radius 1 is 1.72 bits per heavy atom. The zero-order valence-corrected chi connectivity index (χ0v) is 11.2. The molecule has 1 atom stereocenters. The molecule has 0 spiro atoms. The molecule has 2 heterocycles. The smallest absolute Gasteiger partial charge is 0.340 e. The molecule has 0 amide bonds. The zero-order valence-electron chi connectivity index (χ0n) is 10.4. The topological polar surface area (TPSA) is 80.7 Å². The molecular formula is C11H16N2O4S. The van der Waals surface area contributed by atoms with Crippen molar-refractivity contribution in [1.82, 2.24) is 4.37 Å². The summed E-state index contributed by atoms with van der Waals surface area (Å²) in [6.45, 7) is 3.40. The summed E-state index contributed by atoms with van der Waals surface area (Å²) < 4.78 is 14.9. The predicted octanol–water partition coefficient (Wildman–Crippen LogP) is 1.37. The van der Waals surface area contributed by atoms with Gasteiger partial charge < -0.3 is 19.9 Å². The molecule has 1 fully saturated rings. The van der Waals surface area contributed by atoms with Gasteiger partial charge in [-0.3, -0.25) is 0 Å². The minimum atomic E-state index is -0.960. The molecule has 0 radical (unpaired) electrons. The summed E-state index contributed by atoms with van der Waals surface area (Å²) in [6, 6.07) is 0. The van der Waals surface area contributed by atoms with Crippen molar-refractivity contribution < 1.29 is 19.4 Å². The van der Waals surface area contributed by atoms with E-state index < -0.39 is 5.97 Å². The fourth-order valence-electron chi connectivity index (χ4n) is 1.94. The number of anilines is 1. The van der Waals surface area contributed by atoms with Crippen LogP contribution in [0, 0.1) is 6.92 Å². The van der Waals surface area contributed by atoms with Crippen LogP contribution in [-0.2, 0) is 9.47 Å². The zero-order chi connectivity index (χ0) is 13.2. The van der Waals surface area contributed by atoms with E-state index in [9.17, 15) is 4.79 Å². The summed E-state index contributed by atoms with van der Waals surface area (Å²) in [5.74, 6) is -0.960. The number of aryl methyl sites for hydroxylation is 1. The Kier molecular flexibility index (Phi) is 3.84. The highest BCUT2D eigenvalue weighted by molar-refractivity contribution is 7.10. The molecule has 100 valence electrons. The van der Waals surface area contributed by atoms with Crippen LogP contribution in [0.2, 0.25) is 0 Å². The highest BCUT2D eigenvalue weighted by Crippen LogP contribution is 2.28. The van der Waals surface area contributed by atoms with Crippen molar-refractivity contribution in [2.75, 3.05) is 32.2 Å².